The van der Waals surface area contributed by atoms with Crippen molar-refractivity contribution in [3.05, 3.63) is 29.8 Å². The minimum atomic E-state index is -4.61. The molecule has 0 aromatic heterocycles. The summed E-state index contributed by atoms with van der Waals surface area (Å²) in [6.45, 7) is -0.0453. The van der Waals surface area contributed by atoms with Gasteiger partial charge in [0.1, 0.15) is 0 Å². The molecule has 1 aliphatic carbocycles. The van der Waals surface area contributed by atoms with Crippen LogP contribution in [0.25, 0.3) is 0 Å². The summed E-state index contributed by atoms with van der Waals surface area (Å²) in [6, 6.07) is 3.92. The van der Waals surface area contributed by atoms with Crippen LogP contribution in [0, 0.1) is 0 Å². The molecule has 0 radical (unpaired) electrons. The molecule has 1 N–H and O–H groups in total. The zero-order chi connectivity index (χ0) is 20.4. The number of piperidine rings is 1. The molecule has 1 heterocycles. The highest BCUT2D eigenvalue weighted by Crippen LogP contribution is 2.31. The van der Waals surface area contributed by atoms with Gasteiger partial charge in [-0.2, -0.15) is 17.5 Å². The van der Waals surface area contributed by atoms with E-state index in [0.717, 1.165) is 35.3 Å². The Kier molecular flexibility index (Phi) is 5.94. The Morgan fingerprint density at radius 1 is 1.25 bits per heavy atom. The van der Waals surface area contributed by atoms with E-state index in [0.29, 0.717) is 11.8 Å². The van der Waals surface area contributed by atoms with Crippen LogP contribution in [0.15, 0.2) is 34.3 Å². The van der Waals surface area contributed by atoms with Crippen LogP contribution in [0.5, 0.6) is 0 Å². The number of carbonyl (C=O) groups excluding carboxylic acids is 1. The van der Waals surface area contributed by atoms with Crippen LogP contribution >= 0.6 is 0 Å². The molecule has 1 aromatic carbocycles. The van der Waals surface area contributed by atoms with E-state index in [1.807, 2.05) is 0 Å². The third-order valence-electron chi connectivity index (χ3n) is 4.43. The molecule has 0 unspecified atom stereocenters. The van der Waals surface area contributed by atoms with Gasteiger partial charge in [0.15, 0.2) is 6.61 Å². The lowest BCUT2D eigenvalue weighted by Gasteiger charge is -2.26. The Morgan fingerprint density at radius 3 is 2.54 bits per heavy atom. The smallest absolute Gasteiger partial charge is 0.386 e. The fourth-order valence-electron chi connectivity index (χ4n) is 2.74. The highest BCUT2D eigenvalue weighted by Gasteiger charge is 2.33. The van der Waals surface area contributed by atoms with Crippen molar-refractivity contribution in [2.24, 2.45) is 5.16 Å². The number of nitrogens with one attached hydrogen (secondary N) is 1. The number of halogens is 3. The van der Waals surface area contributed by atoms with Crippen molar-refractivity contribution in [1.82, 2.24) is 9.62 Å². The molecule has 28 heavy (non-hydrogen) atoms. The predicted molar refractivity (Wildman–Crippen MR) is 94.0 cm³/mol. The molecule has 1 saturated carbocycles. The Balaban J connectivity index is 1.56. The van der Waals surface area contributed by atoms with E-state index in [2.05, 4.69) is 10.5 Å². The molecular formula is C17H20F3N3O4S. The molecule has 7 nitrogen and oxygen atoms in total. The predicted octanol–water partition coefficient (Wildman–Crippen LogP) is 2.14. The second-order valence-corrected chi connectivity index (χ2v) is 8.64. The van der Waals surface area contributed by atoms with E-state index >= 15 is 0 Å². The average Bonchev–Trinajstić information content (AvgIpc) is 3.45. The second kappa shape index (κ2) is 8.08. The zero-order valence-corrected chi connectivity index (χ0v) is 15.7. The van der Waals surface area contributed by atoms with Crippen molar-refractivity contribution in [3.63, 3.8) is 0 Å². The Morgan fingerprint density at radius 2 is 1.93 bits per heavy atom. The largest absolute Gasteiger partial charge is 0.416 e. The van der Waals surface area contributed by atoms with Crippen molar-refractivity contribution in [1.29, 1.82) is 0 Å². The van der Waals surface area contributed by atoms with Crippen LogP contribution in [0.1, 0.15) is 31.2 Å². The summed E-state index contributed by atoms with van der Waals surface area (Å²) < 4.78 is 64.9. The standard InChI is InChI=1S/C17H20F3N3O4S/c18-17(19,20)12-2-1-3-15(10-12)28(25,26)23-8-6-14(7-9-23)22-27-11-16(24)21-13-4-5-13/h1-3,10,13H,4-9,11H2,(H,21,24). The first-order chi connectivity index (χ1) is 13.2. The normalized spacial score (nSPS) is 18.6. The van der Waals surface area contributed by atoms with Crippen molar-refractivity contribution >= 4 is 21.6 Å². The number of benzene rings is 1. The molecule has 0 bridgehead atoms. The first kappa shape index (κ1) is 20.6. The van der Waals surface area contributed by atoms with E-state index in [4.69, 9.17) is 4.84 Å². The van der Waals surface area contributed by atoms with Crippen LogP contribution in [0.4, 0.5) is 13.2 Å². The van der Waals surface area contributed by atoms with Crippen molar-refractivity contribution in [2.45, 2.75) is 42.8 Å². The maximum Gasteiger partial charge on any atom is 0.416 e. The van der Waals surface area contributed by atoms with Gasteiger partial charge in [-0.05, 0) is 31.0 Å². The summed E-state index contributed by atoms with van der Waals surface area (Å²) in [5.41, 5.74) is -0.402. The van der Waals surface area contributed by atoms with Gasteiger partial charge in [0.2, 0.25) is 10.0 Å². The van der Waals surface area contributed by atoms with Gasteiger partial charge < -0.3 is 10.2 Å². The van der Waals surface area contributed by atoms with Crippen molar-refractivity contribution < 1.29 is 31.2 Å². The van der Waals surface area contributed by atoms with Gasteiger partial charge in [-0.25, -0.2) is 8.42 Å². The number of amides is 1. The summed E-state index contributed by atoms with van der Waals surface area (Å²) in [5, 5.41) is 6.62. The monoisotopic (exact) mass is 419 g/mol. The van der Waals surface area contributed by atoms with Crippen LogP contribution in [0.3, 0.4) is 0 Å². The van der Waals surface area contributed by atoms with E-state index in [1.165, 1.54) is 0 Å². The topological polar surface area (TPSA) is 88.1 Å². The molecule has 0 atom stereocenters. The number of carbonyl (C=O) groups is 1. The lowest BCUT2D eigenvalue weighted by molar-refractivity contribution is -0.137. The molecule has 11 heteroatoms. The summed E-state index contributed by atoms with van der Waals surface area (Å²) in [4.78, 5) is 16.1. The number of hydrogen-bond donors (Lipinski definition) is 1. The lowest BCUT2D eigenvalue weighted by atomic mass is 10.1. The van der Waals surface area contributed by atoms with Gasteiger partial charge in [-0.15, -0.1) is 0 Å². The Labute approximate surface area is 160 Å². The molecule has 1 aromatic rings. The first-order valence-corrected chi connectivity index (χ1v) is 10.2. The Hall–Kier alpha value is -2.14. The van der Waals surface area contributed by atoms with Crippen molar-refractivity contribution in [2.75, 3.05) is 19.7 Å². The van der Waals surface area contributed by atoms with Gasteiger partial charge in [0, 0.05) is 32.0 Å². The minimum Gasteiger partial charge on any atom is -0.386 e. The van der Waals surface area contributed by atoms with Crippen LogP contribution < -0.4 is 5.32 Å². The number of nitrogens with zero attached hydrogens (tertiary/aromatic N) is 2. The fourth-order valence-corrected chi connectivity index (χ4v) is 4.22. The highest BCUT2D eigenvalue weighted by atomic mass is 32.2. The number of oxime groups is 1. The highest BCUT2D eigenvalue weighted by molar-refractivity contribution is 7.89. The summed E-state index contributed by atoms with van der Waals surface area (Å²) in [7, 11) is -4.04. The third kappa shape index (κ3) is 5.22. The summed E-state index contributed by atoms with van der Waals surface area (Å²) in [6.07, 6.45) is -2.12. The van der Waals surface area contributed by atoms with Gasteiger partial charge in [-0.3, -0.25) is 4.79 Å². The molecule has 2 fully saturated rings. The zero-order valence-electron chi connectivity index (χ0n) is 14.9. The third-order valence-corrected chi connectivity index (χ3v) is 6.33. The summed E-state index contributed by atoms with van der Waals surface area (Å²) in [5.74, 6) is -0.253. The number of sulfonamides is 1. The van der Waals surface area contributed by atoms with Gasteiger partial charge in [-0.1, -0.05) is 11.2 Å². The van der Waals surface area contributed by atoms with Gasteiger partial charge >= 0.3 is 6.18 Å². The molecule has 3 rings (SSSR count). The van der Waals surface area contributed by atoms with E-state index in [-0.39, 0.29) is 44.5 Å². The summed E-state index contributed by atoms with van der Waals surface area (Å²) >= 11 is 0. The van der Waals surface area contributed by atoms with E-state index in [1.54, 1.807) is 0 Å². The second-order valence-electron chi connectivity index (χ2n) is 6.70. The number of alkyl halides is 3. The minimum absolute atomic E-state index is 0.0784. The average molecular weight is 419 g/mol. The lowest BCUT2D eigenvalue weighted by Crippen LogP contribution is -2.38. The van der Waals surface area contributed by atoms with Crippen LogP contribution in [0.2, 0.25) is 0 Å². The maximum atomic E-state index is 12.8. The van der Waals surface area contributed by atoms with Crippen LogP contribution in [-0.4, -0.2) is 50.1 Å². The molecule has 1 saturated heterocycles. The molecule has 154 valence electrons. The molecule has 1 aliphatic heterocycles. The maximum absolute atomic E-state index is 12.8. The number of rotatable bonds is 6. The van der Waals surface area contributed by atoms with Crippen LogP contribution in [-0.2, 0) is 25.8 Å². The number of hydrogen-bond acceptors (Lipinski definition) is 5. The Bertz CT molecular complexity index is 857. The quantitative estimate of drug-likeness (QED) is 0.716. The first-order valence-electron chi connectivity index (χ1n) is 8.81. The van der Waals surface area contributed by atoms with E-state index in [9.17, 15) is 26.4 Å². The molecule has 2 aliphatic rings. The van der Waals surface area contributed by atoms with Crippen molar-refractivity contribution in [3.8, 4) is 0 Å². The van der Waals surface area contributed by atoms with E-state index < -0.39 is 26.7 Å². The fraction of sp³-hybridized carbons (Fsp3) is 0.529. The van der Waals surface area contributed by atoms with Gasteiger partial charge in [0.05, 0.1) is 16.2 Å². The molecule has 1 amide bonds. The SMILES string of the molecule is O=C(CON=C1CCN(S(=O)(=O)c2cccc(C(F)(F)F)c2)CC1)NC1CC1. The molecular weight excluding hydrogens is 399 g/mol. The molecule has 0 spiro atoms. The van der Waals surface area contributed by atoms with Gasteiger partial charge in [0.25, 0.3) is 5.91 Å².